The van der Waals surface area contributed by atoms with Gasteiger partial charge in [-0.05, 0) is 77.5 Å². The van der Waals surface area contributed by atoms with Crippen molar-refractivity contribution in [2.75, 3.05) is 18.5 Å². The number of benzene rings is 2. The van der Waals surface area contributed by atoms with Gasteiger partial charge in [-0.3, -0.25) is 9.59 Å². The van der Waals surface area contributed by atoms with E-state index in [4.69, 9.17) is 15.2 Å². The van der Waals surface area contributed by atoms with E-state index in [0.29, 0.717) is 33.4 Å². The molecule has 2 fully saturated rings. The molecular formula is C27H32BrN3O4S. The van der Waals surface area contributed by atoms with Gasteiger partial charge in [0.1, 0.15) is 0 Å². The number of ether oxygens (including phenoxy) is 2. The van der Waals surface area contributed by atoms with Crippen molar-refractivity contribution >= 4 is 51.3 Å². The molecule has 7 nitrogen and oxygen atoms in total. The third kappa shape index (κ3) is 6.18. The maximum absolute atomic E-state index is 13.8. The lowest BCUT2D eigenvalue weighted by atomic mass is 9.85. The molecule has 36 heavy (non-hydrogen) atoms. The molecule has 1 saturated heterocycles. The van der Waals surface area contributed by atoms with Gasteiger partial charge >= 0.3 is 0 Å². The zero-order valence-electron chi connectivity index (χ0n) is 20.5. The fourth-order valence-corrected chi connectivity index (χ4v) is 6.52. The van der Waals surface area contributed by atoms with Gasteiger partial charge in [0.2, 0.25) is 0 Å². The Kier molecular flexibility index (Phi) is 8.85. The van der Waals surface area contributed by atoms with Crippen LogP contribution < -0.4 is 20.5 Å². The number of nitrogens with one attached hydrogen (secondary N) is 1. The highest BCUT2D eigenvalue weighted by Gasteiger charge is 2.42. The lowest BCUT2D eigenvalue weighted by Gasteiger charge is -2.39. The van der Waals surface area contributed by atoms with Crippen molar-refractivity contribution in [3.8, 4) is 11.5 Å². The molecule has 192 valence electrons. The molecule has 2 aliphatic rings. The number of hydrogen-bond donors (Lipinski definition) is 2. The lowest BCUT2D eigenvalue weighted by molar-refractivity contribution is -0.129. The third-order valence-corrected chi connectivity index (χ3v) is 8.12. The third-order valence-electron chi connectivity index (χ3n) is 6.41. The standard InChI is InChI=1S/C27H32BrN3O4S/c1-3-34-22-14-18(13-20(28)25(22)35-16-24(29)32)15-23-26(33)31(21-12-8-7-9-17(21)2)27(36-23)30-19-10-5-4-6-11-19/h4-6,10-11,13-15,17,21,27,30H,3,7-9,12,16H2,1-2H3,(H2,29,32)/b23-15-/t17-,21+,27?/m0/s1. The van der Waals surface area contributed by atoms with Crippen molar-refractivity contribution in [3.05, 3.63) is 57.4 Å². The van der Waals surface area contributed by atoms with E-state index < -0.39 is 5.91 Å². The summed E-state index contributed by atoms with van der Waals surface area (Å²) in [6, 6.07) is 13.9. The summed E-state index contributed by atoms with van der Waals surface area (Å²) in [5.41, 5.74) is 6.83. The molecule has 9 heteroatoms. The fourth-order valence-electron chi connectivity index (χ4n) is 4.74. The van der Waals surface area contributed by atoms with E-state index in [-0.39, 0.29) is 24.1 Å². The first kappa shape index (κ1) is 26.4. The second kappa shape index (κ2) is 12.1. The summed E-state index contributed by atoms with van der Waals surface area (Å²) in [5.74, 6) is 0.799. The second-order valence-corrected chi connectivity index (χ2v) is 11.0. The summed E-state index contributed by atoms with van der Waals surface area (Å²) in [6.07, 6.45) is 6.39. The topological polar surface area (TPSA) is 93.9 Å². The highest BCUT2D eigenvalue weighted by Crippen LogP contribution is 2.43. The summed E-state index contributed by atoms with van der Waals surface area (Å²) < 4.78 is 11.9. The van der Waals surface area contributed by atoms with E-state index in [9.17, 15) is 9.59 Å². The number of rotatable bonds is 9. The predicted molar refractivity (Wildman–Crippen MR) is 148 cm³/mol. The highest BCUT2D eigenvalue weighted by molar-refractivity contribution is 9.10. The Morgan fingerprint density at radius 1 is 1.22 bits per heavy atom. The van der Waals surface area contributed by atoms with Crippen molar-refractivity contribution in [1.82, 2.24) is 4.90 Å². The van der Waals surface area contributed by atoms with Crippen molar-refractivity contribution < 1.29 is 19.1 Å². The lowest BCUT2D eigenvalue weighted by Crippen LogP contribution is -2.48. The minimum absolute atomic E-state index is 0.0373. The van der Waals surface area contributed by atoms with E-state index in [2.05, 4.69) is 28.2 Å². The fraction of sp³-hybridized carbons (Fsp3) is 0.407. The molecule has 3 N–H and O–H groups in total. The van der Waals surface area contributed by atoms with Crippen LogP contribution in [0.4, 0.5) is 5.69 Å². The molecule has 1 unspecified atom stereocenters. The molecule has 1 heterocycles. The quantitative estimate of drug-likeness (QED) is 0.379. The van der Waals surface area contributed by atoms with Gasteiger partial charge in [0, 0.05) is 11.7 Å². The van der Waals surface area contributed by atoms with Crippen LogP contribution in [-0.4, -0.2) is 41.5 Å². The molecular weight excluding hydrogens is 542 g/mol. The number of nitrogens with zero attached hydrogens (tertiary/aromatic N) is 1. The maximum Gasteiger partial charge on any atom is 0.262 e. The number of para-hydroxylation sites is 1. The summed E-state index contributed by atoms with van der Waals surface area (Å²) >= 11 is 5.05. The van der Waals surface area contributed by atoms with E-state index in [1.54, 1.807) is 0 Å². The molecule has 1 aliphatic heterocycles. The smallest absolute Gasteiger partial charge is 0.262 e. The molecule has 2 aromatic rings. The van der Waals surface area contributed by atoms with Gasteiger partial charge in [-0.25, -0.2) is 0 Å². The zero-order valence-corrected chi connectivity index (χ0v) is 22.9. The van der Waals surface area contributed by atoms with Crippen LogP contribution in [-0.2, 0) is 9.59 Å². The Balaban J connectivity index is 1.66. The van der Waals surface area contributed by atoms with Crippen molar-refractivity contribution in [2.45, 2.75) is 51.1 Å². The van der Waals surface area contributed by atoms with Crippen LogP contribution in [0, 0.1) is 5.92 Å². The van der Waals surface area contributed by atoms with Crippen LogP contribution in [0.1, 0.15) is 45.1 Å². The maximum atomic E-state index is 13.8. The first-order valence-electron chi connectivity index (χ1n) is 12.3. The minimum atomic E-state index is -0.572. The normalized spacial score (nSPS) is 23.1. The number of amides is 2. The molecule has 1 aliphatic carbocycles. The highest BCUT2D eigenvalue weighted by atomic mass is 79.9. The van der Waals surface area contributed by atoms with Crippen LogP contribution >= 0.6 is 27.7 Å². The molecule has 1 saturated carbocycles. The second-order valence-electron chi connectivity index (χ2n) is 9.05. The van der Waals surface area contributed by atoms with Crippen molar-refractivity contribution in [2.24, 2.45) is 11.7 Å². The van der Waals surface area contributed by atoms with Gasteiger partial charge in [0.05, 0.1) is 16.0 Å². The average Bonchev–Trinajstić information content (AvgIpc) is 3.13. The first-order chi connectivity index (χ1) is 17.4. The number of halogens is 1. The number of nitrogens with two attached hydrogens (primary N) is 1. The van der Waals surface area contributed by atoms with E-state index in [0.717, 1.165) is 30.5 Å². The number of anilines is 1. The summed E-state index contributed by atoms with van der Waals surface area (Å²) in [4.78, 5) is 27.7. The van der Waals surface area contributed by atoms with Gasteiger partial charge in [-0.15, -0.1) is 0 Å². The number of hydrogen-bond acceptors (Lipinski definition) is 6. The number of carbonyl (C=O) groups is 2. The summed E-state index contributed by atoms with van der Waals surface area (Å²) in [5, 5.41) is 3.56. The molecule has 0 spiro atoms. The zero-order chi connectivity index (χ0) is 25.7. The minimum Gasteiger partial charge on any atom is -0.490 e. The molecule has 2 amide bonds. The largest absolute Gasteiger partial charge is 0.490 e. The molecule has 2 aromatic carbocycles. The van der Waals surface area contributed by atoms with Crippen molar-refractivity contribution in [3.63, 3.8) is 0 Å². The van der Waals surface area contributed by atoms with Crippen LogP contribution in [0.5, 0.6) is 11.5 Å². The number of carbonyl (C=O) groups excluding carboxylic acids is 2. The predicted octanol–water partition coefficient (Wildman–Crippen LogP) is 5.60. The van der Waals surface area contributed by atoms with Crippen LogP contribution in [0.15, 0.2) is 51.8 Å². The first-order valence-corrected chi connectivity index (χ1v) is 13.9. The molecule has 0 radical (unpaired) electrons. The van der Waals surface area contributed by atoms with E-state index in [1.165, 1.54) is 18.2 Å². The Bertz CT molecular complexity index is 1130. The van der Waals surface area contributed by atoms with Crippen LogP contribution in [0.25, 0.3) is 6.08 Å². The molecule has 4 rings (SSSR count). The summed E-state index contributed by atoms with van der Waals surface area (Å²) in [7, 11) is 0. The van der Waals surface area contributed by atoms with Crippen molar-refractivity contribution in [1.29, 1.82) is 0 Å². The SMILES string of the molecule is CCOc1cc(/C=C2\SC(Nc3ccccc3)N([C@@H]3CCCC[C@@H]3C)C2=O)cc(Br)c1OCC(N)=O. The van der Waals surface area contributed by atoms with E-state index in [1.807, 2.05) is 60.4 Å². The van der Waals surface area contributed by atoms with Crippen LogP contribution in [0.2, 0.25) is 0 Å². The van der Waals surface area contributed by atoms with E-state index >= 15 is 0 Å². The number of primary amides is 1. The Hall–Kier alpha value is -2.65. The van der Waals surface area contributed by atoms with Gasteiger partial charge in [0.15, 0.2) is 23.6 Å². The van der Waals surface area contributed by atoms with Gasteiger partial charge in [0.25, 0.3) is 11.8 Å². The van der Waals surface area contributed by atoms with Gasteiger partial charge in [-0.1, -0.05) is 49.7 Å². The molecule has 0 bridgehead atoms. The number of thioether (sulfide) groups is 1. The Labute approximate surface area is 224 Å². The van der Waals surface area contributed by atoms with Gasteiger partial charge in [-0.2, -0.15) is 0 Å². The molecule has 3 atom stereocenters. The van der Waals surface area contributed by atoms with Gasteiger partial charge < -0.3 is 25.4 Å². The monoisotopic (exact) mass is 573 g/mol. The summed E-state index contributed by atoms with van der Waals surface area (Å²) in [6.45, 7) is 4.29. The molecule has 0 aromatic heterocycles. The Morgan fingerprint density at radius 3 is 2.67 bits per heavy atom. The van der Waals surface area contributed by atoms with Crippen LogP contribution in [0.3, 0.4) is 0 Å². The Morgan fingerprint density at radius 2 is 1.97 bits per heavy atom. The average molecular weight is 575 g/mol.